The van der Waals surface area contributed by atoms with Crippen molar-refractivity contribution in [3.8, 4) is 0 Å². The SMILES string of the molecule is CC.CC.CC.c1ccc(Cn2ccnc2)cc1. The molecule has 0 fully saturated rings. The van der Waals surface area contributed by atoms with E-state index in [4.69, 9.17) is 0 Å². The number of nitrogens with zero attached hydrogens (tertiary/aromatic N) is 2. The Balaban J connectivity index is 0. The third-order valence-electron chi connectivity index (χ3n) is 1.77. The van der Waals surface area contributed by atoms with Gasteiger partial charge in [0.15, 0.2) is 0 Å². The maximum absolute atomic E-state index is 3.98. The highest BCUT2D eigenvalue weighted by Gasteiger charge is 1.91. The van der Waals surface area contributed by atoms with Crippen LogP contribution in [0.15, 0.2) is 49.1 Å². The molecule has 0 saturated heterocycles. The first-order valence-corrected chi connectivity index (χ1v) is 6.95. The molecule has 0 bridgehead atoms. The van der Waals surface area contributed by atoms with Crippen LogP contribution < -0.4 is 0 Å². The third-order valence-corrected chi connectivity index (χ3v) is 1.77. The van der Waals surface area contributed by atoms with E-state index in [9.17, 15) is 0 Å². The third kappa shape index (κ3) is 8.57. The van der Waals surface area contributed by atoms with E-state index in [1.165, 1.54) is 5.56 Å². The topological polar surface area (TPSA) is 17.8 Å². The van der Waals surface area contributed by atoms with Crippen LogP contribution in [0.2, 0.25) is 0 Å². The summed E-state index contributed by atoms with van der Waals surface area (Å²) in [5.74, 6) is 0. The fourth-order valence-corrected chi connectivity index (χ4v) is 1.17. The molecule has 2 rings (SSSR count). The van der Waals surface area contributed by atoms with Gasteiger partial charge < -0.3 is 4.57 Å². The first-order chi connectivity index (χ1) is 8.95. The molecule has 0 radical (unpaired) electrons. The molecule has 1 aromatic heterocycles. The van der Waals surface area contributed by atoms with Gasteiger partial charge in [-0.3, -0.25) is 0 Å². The van der Waals surface area contributed by atoms with E-state index in [0.29, 0.717) is 0 Å². The van der Waals surface area contributed by atoms with E-state index in [1.54, 1.807) is 6.20 Å². The van der Waals surface area contributed by atoms with Crippen molar-refractivity contribution in [1.29, 1.82) is 0 Å². The van der Waals surface area contributed by atoms with Gasteiger partial charge in [-0.15, -0.1) is 0 Å². The van der Waals surface area contributed by atoms with Gasteiger partial charge in [-0.05, 0) is 5.56 Å². The smallest absolute Gasteiger partial charge is 0.0949 e. The first-order valence-electron chi connectivity index (χ1n) is 6.95. The number of imidazole rings is 1. The zero-order valence-corrected chi connectivity index (χ0v) is 12.7. The van der Waals surface area contributed by atoms with E-state index >= 15 is 0 Å². The molecule has 0 unspecified atom stereocenters. The van der Waals surface area contributed by atoms with Crippen molar-refractivity contribution in [3.63, 3.8) is 0 Å². The van der Waals surface area contributed by atoms with Crippen molar-refractivity contribution < 1.29 is 0 Å². The molecule has 0 N–H and O–H groups in total. The Morgan fingerprint density at radius 1 is 0.889 bits per heavy atom. The molecule has 0 spiro atoms. The Morgan fingerprint density at radius 3 is 1.89 bits per heavy atom. The molecule has 18 heavy (non-hydrogen) atoms. The van der Waals surface area contributed by atoms with Crippen molar-refractivity contribution in [2.75, 3.05) is 0 Å². The molecule has 0 aliphatic heterocycles. The summed E-state index contributed by atoms with van der Waals surface area (Å²) in [5, 5.41) is 0. The highest BCUT2D eigenvalue weighted by atomic mass is 15.0. The Kier molecular flexibility index (Phi) is 16.1. The van der Waals surface area contributed by atoms with E-state index in [-0.39, 0.29) is 0 Å². The number of hydrogen-bond donors (Lipinski definition) is 0. The summed E-state index contributed by atoms with van der Waals surface area (Å²) in [7, 11) is 0. The second kappa shape index (κ2) is 15.4. The Hall–Kier alpha value is -1.57. The summed E-state index contributed by atoms with van der Waals surface area (Å²) >= 11 is 0. The van der Waals surface area contributed by atoms with Crippen molar-refractivity contribution in [1.82, 2.24) is 9.55 Å². The minimum absolute atomic E-state index is 0.904. The standard InChI is InChI=1S/C10H10N2.3C2H6/c1-2-4-10(5-3-1)8-12-7-6-11-9-12;3*1-2/h1-7,9H,8H2;3*1-2H3. The van der Waals surface area contributed by atoms with Gasteiger partial charge >= 0.3 is 0 Å². The van der Waals surface area contributed by atoms with Crippen LogP contribution in [0.4, 0.5) is 0 Å². The second-order valence-electron chi connectivity index (χ2n) is 2.72. The summed E-state index contributed by atoms with van der Waals surface area (Å²) in [6.07, 6.45) is 5.59. The van der Waals surface area contributed by atoms with Crippen molar-refractivity contribution >= 4 is 0 Å². The molecule has 2 aromatic rings. The molecule has 0 atom stereocenters. The highest BCUT2D eigenvalue weighted by Crippen LogP contribution is 2.00. The van der Waals surface area contributed by atoms with Crippen molar-refractivity contribution in [2.24, 2.45) is 0 Å². The van der Waals surface area contributed by atoms with Gasteiger partial charge in [0.25, 0.3) is 0 Å². The van der Waals surface area contributed by atoms with Crippen LogP contribution in [0.25, 0.3) is 0 Å². The maximum Gasteiger partial charge on any atom is 0.0949 e. The van der Waals surface area contributed by atoms with E-state index in [0.717, 1.165) is 6.54 Å². The van der Waals surface area contributed by atoms with Crippen LogP contribution in [-0.2, 0) is 6.54 Å². The van der Waals surface area contributed by atoms with Crippen LogP contribution in [0.1, 0.15) is 47.1 Å². The zero-order chi connectivity index (χ0) is 14.2. The van der Waals surface area contributed by atoms with Gasteiger partial charge in [-0.25, -0.2) is 4.98 Å². The normalized spacial score (nSPS) is 7.67. The van der Waals surface area contributed by atoms with Crippen LogP contribution in [0, 0.1) is 0 Å². The number of benzene rings is 1. The monoisotopic (exact) mass is 248 g/mol. The molecular formula is C16H28N2. The fourth-order valence-electron chi connectivity index (χ4n) is 1.17. The van der Waals surface area contributed by atoms with E-state index < -0.39 is 0 Å². The van der Waals surface area contributed by atoms with Crippen molar-refractivity contribution in [2.45, 2.75) is 48.1 Å². The van der Waals surface area contributed by atoms with Gasteiger partial charge in [0.1, 0.15) is 0 Å². The first kappa shape index (κ1) is 18.8. The Labute approximate surface area is 113 Å². The van der Waals surface area contributed by atoms with Crippen LogP contribution in [-0.4, -0.2) is 9.55 Å². The lowest BCUT2D eigenvalue weighted by Crippen LogP contribution is -1.95. The molecule has 0 aliphatic rings. The Morgan fingerprint density at radius 2 is 1.44 bits per heavy atom. The molecule has 0 amide bonds. The van der Waals surface area contributed by atoms with Gasteiger partial charge in [0.2, 0.25) is 0 Å². The largest absolute Gasteiger partial charge is 0.333 e. The van der Waals surface area contributed by atoms with Crippen LogP contribution >= 0.6 is 0 Å². The van der Waals surface area contributed by atoms with E-state index in [2.05, 4.69) is 21.7 Å². The molecule has 0 aliphatic carbocycles. The molecule has 0 saturated carbocycles. The van der Waals surface area contributed by atoms with Gasteiger partial charge in [0, 0.05) is 18.9 Å². The summed E-state index contributed by atoms with van der Waals surface area (Å²) in [5.41, 5.74) is 1.30. The number of aromatic nitrogens is 2. The quantitative estimate of drug-likeness (QED) is 0.730. The maximum atomic E-state index is 3.98. The van der Waals surface area contributed by atoms with Crippen LogP contribution in [0.5, 0.6) is 0 Å². The van der Waals surface area contributed by atoms with Gasteiger partial charge in [-0.1, -0.05) is 71.9 Å². The molecule has 102 valence electrons. The van der Waals surface area contributed by atoms with Gasteiger partial charge in [0.05, 0.1) is 6.33 Å². The Bertz CT molecular complexity index is 325. The zero-order valence-electron chi connectivity index (χ0n) is 12.7. The molecule has 2 heteroatoms. The fraction of sp³-hybridized carbons (Fsp3) is 0.438. The molecule has 1 aromatic carbocycles. The van der Waals surface area contributed by atoms with Gasteiger partial charge in [-0.2, -0.15) is 0 Å². The minimum atomic E-state index is 0.904. The predicted octanol–water partition coefficient (Wildman–Crippen LogP) is 5.01. The average Bonchev–Trinajstić information content (AvgIpc) is 2.99. The second-order valence-corrected chi connectivity index (χ2v) is 2.72. The highest BCUT2D eigenvalue weighted by molar-refractivity contribution is 5.14. The summed E-state index contributed by atoms with van der Waals surface area (Å²) < 4.78 is 2.05. The number of rotatable bonds is 2. The lowest BCUT2D eigenvalue weighted by Gasteiger charge is -2.00. The van der Waals surface area contributed by atoms with Crippen molar-refractivity contribution in [3.05, 3.63) is 54.6 Å². The minimum Gasteiger partial charge on any atom is -0.333 e. The predicted molar refractivity (Wildman–Crippen MR) is 81.8 cm³/mol. The van der Waals surface area contributed by atoms with Crippen LogP contribution in [0.3, 0.4) is 0 Å². The summed E-state index contributed by atoms with van der Waals surface area (Å²) in [6.45, 7) is 12.9. The lowest BCUT2D eigenvalue weighted by molar-refractivity contribution is 0.797. The summed E-state index contributed by atoms with van der Waals surface area (Å²) in [4.78, 5) is 3.98. The summed E-state index contributed by atoms with van der Waals surface area (Å²) in [6, 6.07) is 10.3. The van der Waals surface area contributed by atoms with E-state index in [1.807, 2.05) is 72.3 Å². The number of hydrogen-bond acceptors (Lipinski definition) is 1. The average molecular weight is 248 g/mol. The molecular weight excluding hydrogens is 220 g/mol. The lowest BCUT2D eigenvalue weighted by atomic mass is 10.2. The molecule has 1 heterocycles. The molecule has 2 nitrogen and oxygen atoms in total.